The first kappa shape index (κ1) is 23.4. The lowest BCUT2D eigenvalue weighted by atomic mass is 10.2. The van der Waals surface area contributed by atoms with Crippen LogP contribution >= 0.6 is 11.8 Å². The maximum absolute atomic E-state index is 13.0. The maximum Gasteiger partial charge on any atom is 0.191 e. The maximum atomic E-state index is 13.0. The Kier molecular flexibility index (Phi) is 8.99. The molecule has 1 saturated carbocycles. The summed E-state index contributed by atoms with van der Waals surface area (Å²) in [5, 5.41) is 16.5. The molecule has 7 nitrogen and oxygen atoms in total. The lowest BCUT2D eigenvalue weighted by Crippen LogP contribution is -2.42. The molecular formula is C22H33FN6OS. The van der Waals surface area contributed by atoms with Crippen LogP contribution < -0.4 is 15.4 Å². The molecular weight excluding hydrogens is 415 g/mol. The summed E-state index contributed by atoms with van der Waals surface area (Å²) in [6.45, 7) is 3.34. The molecule has 0 amide bonds. The second-order valence-corrected chi connectivity index (χ2v) is 8.55. The van der Waals surface area contributed by atoms with Crippen molar-refractivity contribution < 1.29 is 9.13 Å². The zero-order valence-electron chi connectivity index (χ0n) is 18.6. The molecule has 0 radical (unpaired) electrons. The van der Waals surface area contributed by atoms with Gasteiger partial charge < -0.3 is 19.9 Å². The largest absolute Gasteiger partial charge is 0.489 e. The van der Waals surface area contributed by atoms with E-state index < -0.39 is 0 Å². The number of aliphatic imine (C=N–C) groups is 1. The van der Waals surface area contributed by atoms with Gasteiger partial charge in [-0.25, -0.2) is 4.39 Å². The second-order valence-electron chi connectivity index (χ2n) is 7.78. The van der Waals surface area contributed by atoms with Crippen LogP contribution in [0.5, 0.6) is 5.75 Å². The summed E-state index contributed by atoms with van der Waals surface area (Å²) in [6, 6.07) is 6.60. The molecule has 1 aromatic carbocycles. The number of nitrogens with zero attached hydrogens (tertiary/aromatic N) is 4. The molecule has 9 heteroatoms. The summed E-state index contributed by atoms with van der Waals surface area (Å²) in [5.41, 5.74) is 0. The summed E-state index contributed by atoms with van der Waals surface area (Å²) in [5.74, 6) is 2.20. The topological polar surface area (TPSA) is 76.4 Å². The molecule has 3 rings (SSSR count). The van der Waals surface area contributed by atoms with Gasteiger partial charge in [-0.05, 0) is 56.7 Å². The Bertz CT molecular complexity index is 835. The fraction of sp³-hybridized carbons (Fsp3) is 0.591. The van der Waals surface area contributed by atoms with Gasteiger partial charge in [0.15, 0.2) is 11.1 Å². The zero-order valence-corrected chi connectivity index (χ0v) is 19.4. The van der Waals surface area contributed by atoms with Crippen molar-refractivity contribution in [2.75, 3.05) is 26.4 Å². The standard InChI is InChI=1S/C22H33FN6OS/c1-16(30-19-12-10-17(23)11-13-19)15-26-21(24-2)25-14-6-9-20-27-28-22(31-3)29(20)18-7-4-5-8-18/h10-13,16,18H,4-9,14-15H2,1-3H3,(H2,24,25,26). The molecule has 2 aromatic rings. The minimum absolute atomic E-state index is 0.0843. The number of halogens is 1. The Labute approximate surface area is 188 Å². The molecule has 170 valence electrons. The van der Waals surface area contributed by atoms with E-state index in [4.69, 9.17) is 4.74 Å². The van der Waals surface area contributed by atoms with Gasteiger partial charge in [0.1, 0.15) is 23.5 Å². The van der Waals surface area contributed by atoms with Crippen LogP contribution in [0.1, 0.15) is 50.9 Å². The molecule has 0 saturated heterocycles. The third-order valence-electron chi connectivity index (χ3n) is 5.41. The highest BCUT2D eigenvalue weighted by atomic mass is 32.2. The molecule has 1 aromatic heterocycles. The van der Waals surface area contributed by atoms with Gasteiger partial charge in [-0.15, -0.1) is 10.2 Å². The predicted octanol–water partition coefficient (Wildman–Crippen LogP) is 3.82. The normalized spacial score (nSPS) is 15.8. The van der Waals surface area contributed by atoms with E-state index in [0.717, 1.165) is 36.3 Å². The molecule has 1 heterocycles. The van der Waals surface area contributed by atoms with E-state index in [1.165, 1.54) is 37.8 Å². The molecule has 0 bridgehead atoms. The Morgan fingerprint density at radius 1 is 1.26 bits per heavy atom. The van der Waals surface area contributed by atoms with E-state index in [2.05, 4.69) is 36.6 Å². The van der Waals surface area contributed by atoms with Gasteiger partial charge in [0.25, 0.3) is 0 Å². The van der Waals surface area contributed by atoms with Gasteiger partial charge >= 0.3 is 0 Å². The van der Waals surface area contributed by atoms with Crippen molar-refractivity contribution in [1.29, 1.82) is 0 Å². The number of thioether (sulfide) groups is 1. The van der Waals surface area contributed by atoms with Crippen LogP contribution in [0, 0.1) is 5.82 Å². The number of hydrogen-bond donors (Lipinski definition) is 2. The molecule has 1 aliphatic rings. The highest BCUT2D eigenvalue weighted by molar-refractivity contribution is 7.98. The lowest BCUT2D eigenvalue weighted by Gasteiger charge is -2.18. The third kappa shape index (κ3) is 6.85. The van der Waals surface area contributed by atoms with Crippen molar-refractivity contribution >= 4 is 17.7 Å². The Morgan fingerprint density at radius 3 is 2.68 bits per heavy atom. The van der Waals surface area contributed by atoms with Crippen LogP contribution in [0.4, 0.5) is 4.39 Å². The molecule has 1 atom stereocenters. The first-order valence-corrected chi connectivity index (χ1v) is 12.2. The summed E-state index contributed by atoms with van der Waals surface area (Å²) >= 11 is 1.68. The molecule has 1 fully saturated rings. The van der Waals surface area contributed by atoms with Crippen molar-refractivity contribution in [1.82, 2.24) is 25.4 Å². The van der Waals surface area contributed by atoms with Gasteiger partial charge in [0, 0.05) is 26.1 Å². The third-order valence-corrected chi connectivity index (χ3v) is 6.05. The number of benzene rings is 1. The summed E-state index contributed by atoms with van der Waals surface area (Å²) in [7, 11) is 1.75. The van der Waals surface area contributed by atoms with Gasteiger partial charge in [0.2, 0.25) is 0 Å². The highest BCUT2D eigenvalue weighted by Gasteiger charge is 2.23. The number of rotatable bonds is 10. The van der Waals surface area contributed by atoms with Gasteiger partial charge in [0.05, 0.1) is 6.54 Å². The molecule has 1 unspecified atom stereocenters. The van der Waals surface area contributed by atoms with Crippen molar-refractivity contribution in [3.05, 3.63) is 35.9 Å². The number of aromatic nitrogens is 3. The number of nitrogens with one attached hydrogen (secondary N) is 2. The molecule has 0 aliphatic heterocycles. The van der Waals surface area contributed by atoms with Crippen molar-refractivity contribution in [3.8, 4) is 5.75 Å². The number of ether oxygens (including phenoxy) is 1. The lowest BCUT2D eigenvalue weighted by molar-refractivity contribution is 0.223. The van der Waals surface area contributed by atoms with Crippen molar-refractivity contribution in [2.45, 2.75) is 62.8 Å². The Morgan fingerprint density at radius 2 is 2.00 bits per heavy atom. The first-order valence-electron chi connectivity index (χ1n) is 10.9. The van der Waals surface area contributed by atoms with Gasteiger partial charge in [-0.1, -0.05) is 24.6 Å². The van der Waals surface area contributed by atoms with Crippen molar-refractivity contribution in [3.63, 3.8) is 0 Å². The SMILES string of the molecule is CN=C(NCCCc1nnc(SC)n1C1CCCC1)NCC(C)Oc1ccc(F)cc1. The predicted molar refractivity (Wildman–Crippen MR) is 123 cm³/mol. The highest BCUT2D eigenvalue weighted by Crippen LogP contribution is 2.33. The van der Waals surface area contributed by atoms with E-state index in [0.29, 0.717) is 18.3 Å². The Balaban J connectivity index is 1.40. The van der Waals surface area contributed by atoms with Crippen LogP contribution in [0.2, 0.25) is 0 Å². The second kappa shape index (κ2) is 11.9. The fourth-order valence-corrected chi connectivity index (χ4v) is 4.42. The van der Waals surface area contributed by atoms with E-state index in [1.807, 2.05) is 6.92 Å². The molecule has 31 heavy (non-hydrogen) atoms. The van der Waals surface area contributed by atoms with Crippen molar-refractivity contribution in [2.24, 2.45) is 4.99 Å². The van der Waals surface area contributed by atoms with Crippen LogP contribution in [-0.2, 0) is 6.42 Å². The van der Waals surface area contributed by atoms with Crippen LogP contribution in [0.3, 0.4) is 0 Å². The Hall–Kier alpha value is -2.29. The van der Waals surface area contributed by atoms with E-state index in [1.54, 1.807) is 30.9 Å². The average Bonchev–Trinajstić information content (AvgIpc) is 3.44. The first-order chi connectivity index (χ1) is 15.1. The van der Waals surface area contributed by atoms with Crippen LogP contribution in [-0.4, -0.2) is 53.2 Å². The summed E-state index contributed by atoms with van der Waals surface area (Å²) in [4.78, 5) is 4.27. The van der Waals surface area contributed by atoms with E-state index in [9.17, 15) is 4.39 Å². The number of hydrogen-bond acceptors (Lipinski definition) is 5. The number of aryl methyl sites for hydroxylation is 1. The number of guanidine groups is 1. The fourth-order valence-electron chi connectivity index (χ4n) is 3.85. The molecule has 2 N–H and O–H groups in total. The smallest absolute Gasteiger partial charge is 0.191 e. The van der Waals surface area contributed by atoms with Crippen LogP contribution in [0.25, 0.3) is 0 Å². The quantitative estimate of drug-likeness (QED) is 0.249. The van der Waals surface area contributed by atoms with Crippen LogP contribution in [0.15, 0.2) is 34.4 Å². The minimum atomic E-state index is -0.270. The molecule has 1 aliphatic carbocycles. The van der Waals surface area contributed by atoms with E-state index in [-0.39, 0.29) is 11.9 Å². The summed E-state index contributed by atoms with van der Waals surface area (Å²) < 4.78 is 21.1. The summed E-state index contributed by atoms with van der Waals surface area (Å²) in [6.07, 6.45) is 8.86. The van der Waals surface area contributed by atoms with Gasteiger partial charge in [-0.2, -0.15) is 0 Å². The zero-order chi connectivity index (χ0) is 22.1. The average molecular weight is 449 g/mol. The van der Waals surface area contributed by atoms with E-state index >= 15 is 0 Å². The van der Waals surface area contributed by atoms with Gasteiger partial charge in [-0.3, -0.25) is 4.99 Å². The minimum Gasteiger partial charge on any atom is -0.489 e. The molecule has 0 spiro atoms. The monoisotopic (exact) mass is 448 g/mol.